The van der Waals surface area contributed by atoms with Crippen molar-refractivity contribution in [2.24, 2.45) is 0 Å². The van der Waals surface area contributed by atoms with Crippen LogP contribution in [0.4, 0.5) is 0 Å². The minimum absolute atomic E-state index is 0.119. The molecule has 0 atom stereocenters. The number of nitrogens with zero attached hydrogens (tertiary/aromatic N) is 4. The zero-order valence-corrected chi connectivity index (χ0v) is 17.6. The molecule has 1 aromatic heterocycles. The number of methoxy groups -OCH3 is 1. The van der Waals surface area contributed by atoms with Crippen LogP contribution in [0.2, 0.25) is 0 Å². The molecule has 9 nitrogen and oxygen atoms in total. The van der Waals surface area contributed by atoms with Crippen molar-refractivity contribution in [3.05, 3.63) is 47.3 Å². The number of amides is 2. The second kappa shape index (κ2) is 7.97. The van der Waals surface area contributed by atoms with Gasteiger partial charge in [-0.05, 0) is 17.7 Å². The Morgan fingerprint density at radius 1 is 1.13 bits per heavy atom. The van der Waals surface area contributed by atoms with E-state index in [-0.39, 0.29) is 11.8 Å². The lowest BCUT2D eigenvalue weighted by atomic mass is 10.0. The molecule has 2 amide bonds. The van der Waals surface area contributed by atoms with Gasteiger partial charge in [-0.3, -0.25) is 14.3 Å². The molecule has 0 aliphatic carbocycles. The van der Waals surface area contributed by atoms with Crippen molar-refractivity contribution in [2.45, 2.75) is 31.7 Å². The SMILES string of the molecule is COc1cccc(CN2CCn3nc(C(=O)N4CCC5(CC4)OCCO5)cc3C2=O)c1. The van der Waals surface area contributed by atoms with Gasteiger partial charge < -0.3 is 24.0 Å². The Hall–Kier alpha value is -2.91. The van der Waals surface area contributed by atoms with Crippen molar-refractivity contribution in [2.75, 3.05) is 40.0 Å². The molecule has 2 aromatic rings. The molecule has 164 valence electrons. The summed E-state index contributed by atoms with van der Waals surface area (Å²) in [4.78, 5) is 29.6. The van der Waals surface area contributed by atoms with E-state index in [4.69, 9.17) is 14.2 Å². The minimum atomic E-state index is -0.527. The summed E-state index contributed by atoms with van der Waals surface area (Å²) < 4.78 is 18.4. The van der Waals surface area contributed by atoms with Crippen LogP contribution in [-0.4, -0.2) is 77.1 Å². The van der Waals surface area contributed by atoms with E-state index >= 15 is 0 Å². The van der Waals surface area contributed by atoms with Gasteiger partial charge in [0.1, 0.15) is 11.4 Å². The van der Waals surface area contributed by atoms with E-state index in [1.54, 1.807) is 27.7 Å². The Labute approximate surface area is 180 Å². The van der Waals surface area contributed by atoms with E-state index in [1.165, 1.54) is 0 Å². The number of hydrogen-bond acceptors (Lipinski definition) is 6. The number of carbonyl (C=O) groups is 2. The first-order valence-corrected chi connectivity index (χ1v) is 10.6. The van der Waals surface area contributed by atoms with Crippen LogP contribution in [0.25, 0.3) is 0 Å². The molecule has 0 bridgehead atoms. The van der Waals surface area contributed by atoms with Gasteiger partial charge in [0.15, 0.2) is 11.5 Å². The fourth-order valence-corrected chi connectivity index (χ4v) is 4.48. The first-order valence-electron chi connectivity index (χ1n) is 10.6. The molecule has 0 unspecified atom stereocenters. The summed E-state index contributed by atoms with van der Waals surface area (Å²) in [6, 6.07) is 9.30. The summed E-state index contributed by atoms with van der Waals surface area (Å²) in [5.74, 6) is -0.0367. The zero-order valence-electron chi connectivity index (χ0n) is 17.6. The van der Waals surface area contributed by atoms with E-state index in [1.807, 2.05) is 24.3 Å². The number of carbonyl (C=O) groups excluding carboxylic acids is 2. The largest absolute Gasteiger partial charge is 0.497 e. The fourth-order valence-electron chi connectivity index (χ4n) is 4.48. The first-order chi connectivity index (χ1) is 15.1. The standard InChI is InChI=1S/C22H26N4O5/c1-29-17-4-2-3-16(13-17)15-25-9-10-26-19(21(25)28)14-18(23-26)20(27)24-7-5-22(6-8-24)30-11-12-31-22/h2-4,13-14H,5-12,15H2,1H3. The Morgan fingerprint density at radius 2 is 1.90 bits per heavy atom. The van der Waals surface area contributed by atoms with Crippen LogP contribution in [0.3, 0.4) is 0 Å². The van der Waals surface area contributed by atoms with E-state index < -0.39 is 5.79 Å². The fraction of sp³-hybridized carbons (Fsp3) is 0.500. The molecule has 3 aliphatic rings. The lowest BCUT2D eigenvalue weighted by Gasteiger charge is -2.37. The third-order valence-electron chi connectivity index (χ3n) is 6.22. The molecule has 1 aromatic carbocycles. The highest BCUT2D eigenvalue weighted by atomic mass is 16.7. The van der Waals surface area contributed by atoms with Crippen molar-refractivity contribution in [1.29, 1.82) is 0 Å². The van der Waals surface area contributed by atoms with Gasteiger partial charge in [0, 0.05) is 45.1 Å². The van der Waals surface area contributed by atoms with Crippen molar-refractivity contribution in [3.8, 4) is 5.75 Å². The molecule has 0 N–H and O–H groups in total. The van der Waals surface area contributed by atoms with Crippen molar-refractivity contribution < 1.29 is 23.8 Å². The summed E-state index contributed by atoms with van der Waals surface area (Å²) in [5.41, 5.74) is 1.76. The highest BCUT2D eigenvalue weighted by Gasteiger charge is 2.41. The Balaban J connectivity index is 1.27. The number of ether oxygens (including phenoxy) is 3. The third kappa shape index (κ3) is 3.79. The molecule has 9 heteroatoms. The number of piperidine rings is 1. The van der Waals surface area contributed by atoms with Crippen molar-refractivity contribution in [3.63, 3.8) is 0 Å². The van der Waals surface area contributed by atoms with E-state index in [2.05, 4.69) is 5.10 Å². The molecule has 4 heterocycles. The van der Waals surface area contributed by atoms with Gasteiger partial charge in [0.05, 0.1) is 26.9 Å². The van der Waals surface area contributed by atoms with Crippen LogP contribution < -0.4 is 4.74 Å². The van der Waals surface area contributed by atoms with Crippen LogP contribution in [0, 0.1) is 0 Å². The summed E-state index contributed by atoms with van der Waals surface area (Å²) in [6.07, 6.45) is 1.30. The quantitative estimate of drug-likeness (QED) is 0.737. The van der Waals surface area contributed by atoms with Crippen molar-refractivity contribution >= 4 is 11.8 Å². The van der Waals surface area contributed by atoms with Crippen LogP contribution >= 0.6 is 0 Å². The lowest BCUT2D eigenvalue weighted by Crippen LogP contribution is -2.47. The highest BCUT2D eigenvalue weighted by molar-refractivity contribution is 5.98. The van der Waals surface area contributed by atoms with E-state index in [0.717, 1.165) is 11.3 Å². The summed E-state index contributed by atoms with van der Waals surface area (Å²) in [6.45, 7) is 3.90. The Bertz CT molecular complexity index is 988. The third-order valence-corrected chi connectivity index (χ3v) is 6.22. The van der Waals surface area contributed by atoms with E-state index in [9.17, 15) is 9.59 Å². The van der Waals surface area contributed by atoms with Crippen LogP contribution in [0.15, 0.2) is 30.3 Å². The number of rotatable bonds is 4. The Kier molecular flexibility index (Phi) is 5.15. The summed E-state index contributed by atoms with van der Waals surface area (Å²) in [5, 5.41) is 4.43. The molecule has 3 aliphatic heterocycles. The normalized spacial score (nSPS) is 20.2. The predicted octanol–water partition coefficient (Wildman–Crippen LogP) is 1.53. The Morgan fingerprint density at radius 3 is 2.65 bits per heavy atom. The number of hydrogen-bond donors (Lipinski definition) is 0. The van der Waals surface area contributed by atoms with Gasteiger partial charge in [-0.1, -0.05) is 12.1 Å². The monoisotopic (exact) mass is 426 g/mol. The van der Waals surface area contributed by atoms with Crippen LogP contribution in [0.5, 0.6) is 5.75 Å². The molecule has 2 fully saturated rings. The average Bonchev–Trinajstić information content (AvgIpc) is 3.44. The number of benzene rings is 1. The molecule has 1 spiro atoms. The predicted molar refractivity (Wildman–Crippen MR) is 110 cm³/mol. The van der Waals surface area contributed by atoms with Crippen LogP contribution in [0.1, 0.15) is 39.4 Å². The maximum atomic E-state index is 13.0. The average molecular weight is 426 g/mol. The lowest BCUT2D eigenvalue weighted by molar-refractivity contribution is -0.181. The molecule has 2 saturated heterocycles. The second-order valence-electron chi connectivity index (χ2n) is 8.12. The van der Waals surface area contributed by atoms with Gasteiger partial charge in [0.2, 0.25) is 0 Å². The summed E-state index contributed by atoms with van der Waals surface area (Å²) >= 11 is 0. The second-order valence-corrected chi connectivity index (χ2v) is 8.12. The zero-order chi connectivity index (χ0) is 21.4. The van der Waals surface area contributed by atoms with Gasteiger partial charge in [0.25, 0.3) is 11.8 Å². The highest BCUT2D eigenvalue weighted by Crippen LogP contribution is 2.31. The van der Waals surface area contributed by atoms with Crippen LogP contribution in [-0.2, 0) is 22.6 Å². The molecule has 5 rings (SSSR count). The topological polar surface area (TPSA) is 86.1 Å². The minimum Gasteiger partial charge on any atom is -0.497 e. The van der Waals surface area contributed by atoms with Gasteiger partial charge >= 0.3 is 0 Å². The smallest absolute Gasteiger partial charge is 0.274 e. The van der Waals surface area contributed by atoms with Gasteiger partial charge in [-0.2, -0.15) is 5.10 Å². The maximum absolute atomic E-state index is 13.0. The summed E-state index contributed by atoms with van der Waals surface area (Å²) in [7, 11) is 1.62. The van der Waals surface area contributed by atoms with Gasteiger partial charge in [-0.25, -0.2) is 0 Å². The first kappa shape index (κ1) is 20.0. The number of aromatic nitrogens is 2. The molecule has 0 saturated carbocycles. The number of likely N-dealkylation sites (tertiary alicyclic amines) is 1. The van der Waals surface area contributed by atoms with Crippen molar-refractivity contribution in [1.82, 2.24) is 19.6 Å². The molecular formula is C22H26N4O5. The maximum Gasteiger partial charge on any atom is 0.274 e. The molecular weight excluding hydrogens is 400 g/mol. The number of fused-ring (bicyclic) bond motifs is 1. The van der Waals surface area contributed by atoms with E-state index in [0.29, 0.717) is 70.2 Å². The molecule has 31 heavy (non-hydrogen) atoms. The molecule has 0 radical (unpaired) electrons. The van der Waals surface area contributed by atoms with Gasteiger partial charge in [-0.15, -0.1) is 0 Å².